The van der Waals surface area contributed by atoms with E-state index in [1.165, 1.54) is 11.1 Å². The molecule has 1 aromatic carbocycles. The van der Waals surface area contributed by atoms with Crippen molar-refractivity contribution in [1.82, 2.24) is 0 Å². The van der Waals surface area contributed by atoms with Crippen molar-refractivity contribution in [2.24, 2.45) is 0 Å². The van der Waals surface area contributed by atoms with Crippen molar-refractivity contribution in [2.75, 3.05) is 6.61 Å². The largest absolute Gasteiger partial charge is 0.396 e. The van der Waals surface area contributed by atoms with Gasteiger partial charge in [-0.2, -0.15) is 0 Å². The second-order valence-corrected chi connectivity index (χ2v) is 3.68. The van der Waals surface area contributed by atoms with E-state index in [0.717, 1.165) is 24.3 Å². The van der Waals surface area contributed by atoms with Gasteiger partial charge >= 0.3 is 0 Å². The summed E-state index contributed by atoms with van der Waals surface area (Å²) in [7, 11) is 0. The van der Waals surface area contributed by atoms with E-state index in [-0.39, 0.29) is 6.61 Å². The standard InChI is InChI=1S/C11H15ClO/c1-9-5-6-10(11(12)8-9)4-2-3-7-13/h5-6,8,13H,2-4,7H2,1H3. The Bertz CT molecular complexity index is 271. The molecule has 0 aliphatic rings. The quantitative estimate of drug-likeness (QED) is 0.738. The first-order valence-corrected chi connectivity index (χ1v) is 4.97. The Balaban J connectivity index is 2.56. The number of aliphatic hydroxyl groups is 1. The molecule has 0 atom stereocenters. The topological polar surface area (TPSA) is 20.2 Å². The lowest BCUT2D eigenvalue weighted by atomic mass is 10.1. The number of aliphatic hydroxyl groups excluding tert-OH is 1. The normalized spacial score (nSPS) is 10.4. The van der Waals surface area contributed by atoms with Crippen LogP contribution in [0.2, 0.25) is 5.02 Å². The number of halogens is 1. The SMILES string of the molecule is Cc1ccc(CCCCO)c(Cl)c1. The highest BCUT2D eigenvalue weighted by Gasteiger charge is 1.99. The van der Waals surface area contributed by atoms with Gasteiger partial charge in [-0.3, -0.25) is 0 Å². The van der Waals surface area contributed by atoms with E-state index in [1.54, 1.807) is 0 Å². The van der Waals surface area contributed by atoms with Crippen LogP contribution in [0, 0.1) is 6.92 Å². The first-order chi connectivity index (χ1) is 6.24. The van der Waals surface area contributed by atoms with Gasteiger partial charge in [-0.15, -0.1) is 0 Å². The van der Waals surface area contributed by atoms with Crippen molar-refractivity contribution in [3.8, 4) is 0 Å². The van der Waals surface area contributed by atoms with Crippen LogP contribution in [0.4, 0.5) is 0 Å². The fraction of sp³-hybridized carbons (Fsp3) is 0.455. The number of rotatable bonds is 4. The maximum Gasteiger partial charge on any atom is 0.0440 e. The number of aryl methyl sites for hydroxylation is 2. The van der Waals surface area contributed by atoms with Crippen molar-refractivity contribution in [2.45, 2.75) is 26.2 Å². The molecule has 0 amide bonds. The van der Waals surface area contributed by atoms with Crippen molar-refractivity contribution in [3.63, 3.8) is 0 Å². The van der Waals surface area contributed by atoms with Crippen LogP contribution in [0.15, 0.2) is 18.2 Å². The van der Waals surface area contributed by atoms with Crippen LogP contribution >= 0.6 is 11.6 Å². The molecule has 0 unspecified atom stereocenters. The number of unbranched alkanes of at least 4 members (excludes halogenated alkanes) is 1. The van der Waals surface area contributed by atoms with Crippen LogP contribution in [-0.2, 0) is 6.42 Å². The molecule has 1 aromatic rings. The smallest absolute Gasteiger partial charge is 0.0440 e. The van der Waals surface area contributed by atoms with E-state index >= 15 is 0 Å². The van der Waals surface area contributed by atoms with Crippen molar-refractivity contribution >= 4 is 11.6 Å². The first-order valence-electron chi connectivity index (χ1n) is 4.60. The minimum Gasteiger partial charge on any atom is -0.396 e. The lowest BCUT2D eigenvalue weighted by Crippen LogP contribution is -1.90. The molecule has 0 radical (unpaired) electrons. The molecular weight excluding hydrogens is 184 g/mol. The number of hydrogen-bond acceptors (Lipinski definition) is 1. The Labute approximate surface area is 84.4 Å². The zero-order valence-electron chi connectivity index (χ0n) is 7.89. The van der Waals surface area contributed by atoms with Crippen LogP contribution in [-0.4, -0.2) is 11.7 Å². The summed E-state index contributed by atoms with van der Waals surface area (Å²) in [6.45, 7) is 2.30. The molecule has 0 spiro atoms. The molecule has 1 N–H and O–H groups in total. The summed E-state index contributed by atoms with van der Waals surface area (Å²) < 4.78 is 0. The Morgan fingerprint density at radius 2 is 2.08 bits per heavy atom. The average molecular weight is 199 g/mol. The summed E-state index contributed by atoms with van der Waals surface area (Å²) in [6.07, 6.45) is 2.81. The molecule has 0 aliphatic carbocycles. The summed E-state index contributed by atoms with van der Waals surface area (Å²) in [6, 6.07) is 6.12. The van der Waals surface area contributed by atoms with Gasteiger partial charge in [-0.05, 0) is 43.4 Å². The van der Waals surface area contributed by atoms with Crippen molar-refractivity contribution < 1.29 is 5.11 Å². The molecule has 0 bridgehead atoms. The maximum absolute atomic E-state index is 8.62. The average Bonchev–Trinajstić information content (AvgIpc) is 2.09. The van der Waals surface area contributed by atoms with Crippen LogP contribution in [0.5, 0.6) is 0 Å². The second kappa shape index (κ2) is 5.25. The fourth-order valence-electron chi connectivity index (χ4n) is 1.28. The summed E-state index contributed by atoms with van der Waals surface area (Å²) in [5, 5.41) is 9.47. The second-order valence-electron chi connectivity index (χ2n) is 3.28. The predicted octanol–water partition coefficient (Wildman–Crippen LogP) is 2.96. The van der Waals surface area contributed by atoms with Crippen LogP contribution in [0.3, 0.4) is 0 Å². The highest BCUT2D eigenvalue weighted by atomic mass is 35.5. The Hall–Kier alpha value is -0.530. The third-order valence-electron chi connectivity index (χ3n) is 2.06. The highest BCUT2D eigenvalue weighted by Crippen LogP contribution is 2.19. The number of benzene rings is 1. The van der Waals surface area contributed by atoms with Gasteiger partial charge in [0.1, 0.15) is 0 Å². The molecule has 72 valence electrons. The van der Waals surface area contributed by atoms with Gasteiger partial charge in [0.2, 0.25) is 0 Å². The zero-order chi connectivity index (χ0) is 9.68. The Morgan fingerprint density at radius 1 is 1.31 bits per heavy atom. The summed E-state index contributed by atoms with van der Waals surface area (Å²) in [5.74, 6) is 0. The van der Waals surface area contributed by atoms with Gasteiger partial charge in [0.25, 0.3) is 0 Å². The van der Waals surface area contributed by atoms with E-state index < -0.39 is 0 Å². The molecule has 13 heavy (non-hydrogen) atoms. The lowest BCUT2D eigenvalue weighted by Gasteiger charge is -2.04. The van der Waals surface area contributed by atoms with Gasteiger partial charge in [0, 0.05) is 11.6 Å². The molecule has 0 aliphatic heterocycles. The van der Waals surface area contributed by atoms with E-state index in [2.05, 4.69) is 12.1 Å². The molecule has 0 heterocycles. The number of hydrogen-bond donors (Lipinski definition) is 1. The van der Waals surface area contributed by atoms with E-state index in [4.69, 9.17) is 16.7 Å². The van der Waals surface area contributed by atoms with Gasteiger partial charge in [-0.1, -0.05) is 23.7 Å². The molecule has 0 aromatic heterocycles. The molecule has 2 heteroatoms. The van der Waals surface area contributed by atoms with E-state index in [9.17, 15) is 0 Å². The van der Waals surface area contributed by atoms with Crippen molar-refractivity contribution in [3.05, 3.63) is 34.3 Å². The monoisotopic (exact) mass is 198 g/mol. The van der Waals surface area contributed by atoms with Gasteiger partial charge < -0.3 is 5.11 Å². The Morgan fingerprint density at radius 3 is 2.69 bits per heavy atom. The molecule has 1 nitrogen and oxygen atoms in total. The Kier molecular flexibility index (Phi) is 4.26. The van der Waals surface area contributed by atoms with Crippen LogP contribution < -0.4 is 0 Å². The molecule has 1 rings (SSSR count). The maximum atomic E-state index is 8.62. The fourth-order valence-corrected chi connectivity index (χ4v) is 1.61. The van der Waals surface area contributed by atoms with E-state index in [1.807, 2.05) is 13.0 Å². The molecule has 0 saturated heterocycles. The van der Waals surface area contributed by atoms with Crippen LogP contribution in [0.1, 0.15) is 24.0 Å². The molecule has 0 fully saturated rings. The zero-order valence-corrected chi connectivity index (χ0v) is 8.64. The van der Waals surface area contributed by atoms with Gasteiger partial charge in [-0.25, -0.2) is 0 Å². The third-order valence-corrected chi connectivity index (χ3v) is 2.41. The summed E-state index contributed by atoms with van der Waals surface area (Å²) in [4.78, 5) is 0. The van der Waals surface area contributed by atoms with Crippen molar-refractivity contribution in [1.29, 1.82) is 0 Å². The molecule has 0 saturated carbocycles. The van der Waals surface area contributed by atoms with Gasteiger partial charge in [0.15, 0.2) is 0 Å². The minimum atomic E-state index is 0.267. The minimum absolute atomic E-state index is 0.267. The van der Waals surface area contributed by atoms with Gasteiger partial charge in [0.05, 0.1) is 0 Å². The molecular formula is C11H15ClO. The highest BCUT2D eigenvalue weighted by molar-refractivity contribution is 6.31. The van der Waals surface area contributed by atoms with Crippen LogP contribution in [0.25, 0.3) is 0 Å². The third kappa shape index (κ3) is 3.37. The first kappa shape index (κ1) is 10.6. The summed E-state index contributed by atoms with van der Waals surface area (Å²) in [5.41, 5.74) is 2.37. The predicted molar refractivity (Wildman–Crippen MR) is 56.2 cm³/mol. The van der Waals surface area contributed by atoms with E-state index in [0.29, 0.717) is 0 Å². The lowest BCUT2D eigenvalue weighted by molar-refractivity contribution is 0.284. The summed E-state index contributed by atoms with van der Waals surface area (Å²) >= 11 is 6.05.